The van der Waals surface area contributed by atoms with Crippen LogP contribution in [0.5, 0.6) is 0 Å². The molecule has 0 aromatic carbocycles. The molecule has 1 fully saturated rings. The quantitative estimate of drug-likeness (QED) is 0.894. The summed E-state index contributed by atoms with van der Waals surface area (Å²) >= 11 is 1.34. The molecule has 0 aliphatic carbocycles. The molecule has 0 atom stereocenters. The molecule has 1 aliphatic rings. The van der Waals surface area contributed by atoms with E-state index in [1.807, 2.05) is 0 Å². The van der Waals surface area contributed by atoms with Crippen LogP contribution in [0.4, 0.5) is 0 Å². The zero-order chi connectivity index (χ0) is 16.6. The second-order valence-electron chi connectivity index (χ2n) is 5.57. The fourth-order valence-corrected chi connectivity index (χ4v) is 4.99. The topological polar surface area (TPSA) is 92.3 Å². The van der Waals surface area contributed by atoms with Crippen LogP contribution in [0.15, 0.2) is 12.4 Å². The number of hydrogen-bond donors (Lipinski definition) is 1. The van der Waals surface area contributed by atoms with Gasteiger partial charge in [0, 0.05) is 38.1 Å². The average Bonchev–Trinajstić information content (AvgIpc) is 2.93. The number of carbonyl (C=O) groups is 1. The van der Waals surface area contributed by atoms with Gasteiger partial charge in [0.1, 0.15) is 10.3 Å². The van der Waals surface area contributed by atoms with Crippen molar-refractivity contribution in [3.8, 4) is 0 Å². The third kappa shape index (κ3) is 3.08. The monoisotopic (exact) mass is 354 g/mol. The third-order valence-corrected chi connectivity index (χ3v) is 6.53. The van der Waals surface area contributed by atoms with Crippen LogP contribution in [-0.4, -0.2) is 55.0 Å². The molecule has 9 heteroatoms. The number of fused-ring (bicyclic) bond motifs is 1. The number of sulfonamides is 1. The van der Waals surface area contributed by atoms with E-state index in [0.717, 1.165) is 15.9 Å². The molecule has 3 heterocycles. The highest BCUT2D eigenvalue weighted by molar-refractivity contribution is 7.88. The first-order chi connectivity index (χ1) is 10.9. The van der Waals surface area contributed by atoms with Gasteiger partial charge < -0.3 is 5.32 Å². The Kier molecular flexibility index (Phi) is 4.35. The van der Waals surface area contributed by atoms with Crippen LogP contribution in [0.25, 0.3) is 10.3 Å². The minimum atomic E-state index is -3.16. The van der Waals surface area contributed by atoms with Crippen molar-refractivity contribution in [1.82, 2.24) is 19.6 Å². The van der Waals surface area contributed by atoms with Gasteiger partial charge in [0.05, 0.1) is 11.1 Å². The van der Waals surface area contributed by atoms with Crippen molar-refractivity contribution in [2.24, 2.45) is 0 Å². The summed E-state index contributed by atoms with van der Waals surface area (Å²) in [6, 6.07) is 0. The molecule has 1 amide bonds. The highest BCUT2D eigenvalue weighted by Crippen LogP contribution is 2.39. The summed E-state index contributed by atoms with van der Waals surface area (Å²) in [6.45, 7) is 0.933. The molecule has 0 bridgehead atoms. The molecule has 23 heavy (non-hydrogen) atoms. The summed E-state index contributed by atoms with van der Waals surface area (Å²) in [7, 11) is -1.56. The van der Waals surface area contributed by atoms with E-state index in [4.69, 9.17) is 0 Å². The maximum atomic E-state index is 12.2. The Morgan fingerprint density at radius 1 is 1.30 bits per heavy atom. The number of thiophene rings is 1. The van der Waals surface area contributed by atoms with Gasteiger partial charge in [0.15, 0.2) is 0 Å². The Hall–Kier alpha value is -1.58. The van der Waals surface area contributed by atoms with Crippen molar-refractivity contribution in [2.75, 3.05) is 26.4 Å². The number of nitrogens with zero attached hydrogens (tertiary/aromatic N) is 3. The molecule has 2 aromatic heterocycles. The zero-order valence-electron chi connectivity index (χ0n) is 12.9. The van der Waals surface area contributed by atoms with Crippen molar-refractivity contribution >= 4 is 37.6 Å². The van der Waals surface area contributed by atoms with Crippen LogP contribution in [0.3, 0.4) is 0 Å². The molecule has 0 radical (unpaired) electrons. The second kappa shape index (κ2) is 6.14. The predicted octanol–water partition coefficient (Wildman–Crippen LogP) is 1.19. The first-order valence-corrected chi connectivity index (χ1v) is 9.99. The lowest BCUT2D eigenvalue weighted by Crippen LogP contribution is -2.37. The minimum absolute atomic E-state index is 0.116. The van der Waals surface area contributed by atoms with E-state index in [-0.39, 0.29) is 11.8 Å². The molecular formula is C14H18N4O3S2. The Labute approximate surface area is 138 Å². The smallest absolute Gasteiger partial charge is 0.261 e. The van der Waals surface area contributed by atoms with E-state index < -0.39 is 10.0 Å². The van der Waals surface area contributed by atoms with Gasteiger partial charge in [-0.25, -0.2) is 17.7 Å². The van der Waals surface area contributed by atoms with Crippen LogP contribution in [0.1, 0.15) is 34.0 Å². The van der Waals surface area contributed by atoms with Gasteiger partial charge in [-0.05, 0) is 18.8 Å². The molecule has 1 N–H and O–H groups in total. The lowest BCUT2D eigenvalue weighted by molar-refractivity contribution is 0.0965. The van der Waals surface area contributed by atoms with Gasteiger partial charge in [0.2, 0.25) is 10.0 Å². The molecule has 1 saturated heterocycles. The summed E-state index contributed by atoms with van der Waals surface area (Å²) in [5, 5.41) is 2.66. The van der Waals surface area contributed by atoms with E-state index >= 15 is 0 Å². The molecule has 1 aliphatic heterocycles. The zero-order valence-corrected chi connectivity index (χ0v) is 14.6. The molecule has 124 valence electrons. The van der Waals surface area contributed by atoms with E-state index in [1.54, 1.807) is 19.4 Å². The number of hydrogen-bond acceptors (Lipinski definition) is 6. The molecule has 3 rings (SSSR count). The van der Waals surface area contributed by atoms with Gasteiger partial charge in [-0.15, -0.1) is 11.3 Å². The fourth-order valence-electron chi connectivity index (χ4n) is 2.98. The number of amides is 1. The Morgan fingerprint density at radius 3 is 2.57 bits per heavy atom. The van der Waals surface area contributed by atoms with Crippen molar-refractivity contribution in [3.05, 3.63) is 22.8 Å². The number of carbonyl (C=O) groups excluding carboxylic acids is 1. The van der Waals surface area contributed by atoms with Crippen molar-refractivity contribution in [1.29, 1.82) is 0 Å². The highest BCUT2D eigenvalue weighted by Gasteiger charge is 2.31. The number of piperidine rings is 1. The standard InChI is InChI=1S/C14H18N4O3S2/c1-15-13(19)12-10(11-14(22-12)17-6-5-16-11)9-3-7-18(8-4-9)23(2,20)21/h5-6,9H,3-4,7-8H2,1-2H3,(H,15,19). The van der Waals surface area contributed by atoms with Gasteiger partial charge in [-0.1, -0.05) is 0 Å². The highest BCUT2D eigenvalue weighted by atomic mass is 32.2. The first-order valence-electron chi connectivity index (χ1n) is 7.32. The second-order valence-corrected chi connectivity index (χ2v) is 8.55. The van der Waals surface area contributed by atoms with Crippen molar-refractivity contribution < 1.29 is 13.2 Å². The summed E-state index contributed by atoms with van der Waals surface area (Å²) in [4.78, 5) is 22.3. The lowest BCUT2D eigenvalue weighted by atomic mass is 9.89. The summed E-state index contributed by atoms with van der Waals surface area (Å²) in [6.07, 6.45) is 5.83. The van der Waals surface area contributed by atoms with Crippen molar-refractivity contribution in [3.63, 3.8) is 0 Å². The van der Waals surface area contributed by atoms with E-state index in [0.29, 0.717) is 30.8 Å². The van der Waals surface area contributed by atoms with E-state index in [9.17, 15) is 13.2 Å². The molecule has 0 saturated carbocycles. The maximum Gasteiger partial charge on any atom is 0.261 e. The Bertz CT molecular complexity index is 839. The molecule has 2 aromatic rings. The number of rotatable bonds is 3. The first kappa shape index (κ1) is 16.3. The third-order valence-electron chi connectivity index (χ3n) is 4.13. The number of nitrogens with one attached hydrogen (secondary N) is 1. The van der Waals surface area contributed by atoms with Crippen LogP contribution in [0, 0.1) is 0 Å². The fraction of sp³-hybridized carbons (Fsp3) is 0.500. The number of aromatic nitrogens is 2. The van der Waals surface area contributed by atoms with Gasteiger partial charge >= 0.3 is 0 Å². The SMILES string of the molecule is CNC(=O)c1sc2nccnc2c1C1CCN(S(C)(=O)=O)CC1. The maximum absolute atomic E-state index is 12.2. The normalized spacial score (nSPS) is 17.5. The van der Waals surface area contributed by atoms with Gasteiger partial charge in [0.25, 0.3) is 5.91 Å². The van der Waals surface area contributed by atoms with E-state index in [1.165, 1.54) is 21.9 Å². The molecule has 0 unspecified atom stereocenters. The summed E-state index contributed by atoms with van der Waals surface area (Å²) in [5.74, 6) is -0.0268. The molecular weight excluding hydrogens is 336 g/mol. The summed E-state index contributed by atoms with van der Waals surface area (Å²) < 4.78 is 24.8. The van der Waals surface area contributed by atoms with Crippen LogP contribution in [0.2, 0.25) is 0 Å². The average molecular weight is 354 g/mol. The lowest BCUT2D eigenvalue weighted by Gasteiger charge is -2.30. The Morgan fingerprint density at radius 2 is 1.96 bits per heavy atom. The largest absolute Gasteiger partial charge is 0.354 e. The summed E-state index contributed by atoms with van der Waals surface area (Å²) in [5.41, 5.74) is 1.67. The van der Waals surface area contributed by atoms with Crippen LogP contribution >= 0.6 is 11.3 Å². The van der Waals surface area contributed by atoms with Crippen LogP contribution in [-0.2, 0) is 10.0 Å². The predicted molar refractivity (Wildman–Crippen MR) is 89.2 cm³/mol. The van der Waals surface area contributed by atoms with Gasteiger partial charge in [-0.2, -0.15) is 0 Å². The van der Waals surface area contributed by atoms with Crippen molar-refractivity contribution in [2.45, 2.75) is 18.8 Å². The van der Waals surface area contributed by atoms with E-state index in [2.05, 4.69) is 15.3 Å². The molecule has 7 nitrogen and oxygen atoms in total. The van der Waals surface area contributed by atoms with Crippen LogP contribution < -0.4 is 5.32 Å². The Balaban J connectivity index is 1.98. The minimum Gasteiger partial charge on any atom is -0.354 e. The van der Waals surface area contributed by atoms with Gasteiger partial charge in [-0.3, -0.25) is 9.78 Å². The molecule has 0 spiro atoms.